The molecule has 0 saturated heterocycles. The molecule has 3 aromatic rings. The molecule has 1 aliphatic carbocycles. The van der Waals surface area contributed by atoms with Gasteiger partial charge in [-0.15, -0.1) is 0 Å². The van der Waals surface area contributed by atoms with E-state index in [0.717, 1.165) is 11.3 Å². The number of hydrogen-bond donors (Lipinski definition) is 3. The van der Waals surface area contributed by atoms with Crippen LogP contribution in [-0.2, 0) is 17.6 Å². The highest BCUT2D eigenvalue weighted by Gasteiger charge is 2.37. The molecule has 10 heteroatoms. The number of Topliss-reactive ketones (excluding diaryl/α,β-unsaturated/α-hetero) is 1. The van der Waals surface area contributed by atoms with E-state index >= 15 is 0 Å². The molecule has 0 radical (unpaired) electrons. The van der Waals surface area contributed by atoms with Crippen molar-refractivity contribution in [3.63, 3.8) is 0 Å². The lowest BCUT2D eigenvalue weighted by Crippen LogP contribution is -2.31. The smallest absolute Gasteiger partial charge is 0.261 e. The van der Waals surface area contributed by atoms with Crippen molar-refractivity contribution >= 4 is 40.6 Å². The number of imidazole rings is 1. The maximum absolute atomic E-state index is 13.1. The predicted octanol–water partition coefficient (Wildman–Crippen LogP) is 3.83. The van der Waals surface area contributed by atoms with Crippen LogP contribution in [0.1, 0.15) is 50.1 Å². The summed E-state index contributed by atoms with van der Waals surface area (Å²) in [5, 5.41) is 14.4. The number of amides is 2. The number of aliphatic hydroxyl groups excluding tert-OH is 1. The van der Waals surface area contributed by atoms with E-state index in [2.05, 4.69) is 20.3 Å². The molecule has 1 atom stereocenters. The van der Waals surface area contributed by atoms with Gasteiger partial charge in [-0.3, -0.25) is 24.3 Å². The highest BCUT2D eigenvalue weighted by Crippen LogP contribution is 2.36. The van der Waals surface area contributed by atoms with Gasteiger partial charge in [0.25, 0.3) is 11.8 Å². The van der Waals surface area contributed by atoms with Gasteiger partial charge in [0.2, 0.25) is 0 Å². The zero-order chi connectivity index (χ0) is 27.1. The average molecular weight is 542 g/mol. The molecule has 3 N–H and O–H groups in total. The van der Waals surface area contributed by atoms with Crippen molar-refractivity contribution in [2.45, 2.75) is 25.4 Å². The molecule has 0 fully saturated rings. The number of hydrogen-bond acceptors (Lipinski definition) is 7. The number of nitrogens with one attached hydrogen (secondary N) is 2. The average Bonchev–Trinajstić information content (AvgIpc) is 3.64. The zero-order valence-corrected chi connectivity index (χ0v) is 21.5. The second-order valence-electron chi connectivity index (χ2n) is 9.63. The number of H-pyrrole nitrogens is 1. The number of aromatic amines is 1. The lowest BCUT2D eigenvalue weighted by molar-refractivity contribution is -0.114. The standard InChI is InChI=1S/C29H24ClN5O4/c30-18-4-1-3-16(9-18)26(37)14-32-22-5-2-6-25(36)27(22)24-11-17-10-20-21(12-23(17)34-24)29(39)35(28(20)38)8-7-19-13-31-15-33-19/h1-5,9-10,12-13,15,26,34,37H,6-8,11,14H2,(H,31,33)/t26-/m1/s1. The molecule has 6 rings (SSSR count). The first-order chi connectivity index (χ1) is 18.9. The van der Waals surface area contributed by atoms with Crippen molar-refractivity contribution in [2.75, 3.05) is 18.4 Å². The van der Waals surface area contributed by atoms with E-state index in [9.17, 15) is 19.5 Å². The minimum atomic E-state index is -0.877. The Bertz CT molecular complexity index is 1560. The molecule has 2 aliphatic heterocycles. The molecule has 3 heterocycles. The Morgan fingerprint density at radius 2 is 1.95 bits per heavy atom. The maximum Gasteiger partial charge on any atom is 0.261 e. The van der Waals surface area contributed by atoms with Gasteiger partial charge in [-0.05, 0) is 41.5 Å². The number of halogens is 1. The number of ketones is 1. The van der Waals surface area contributed by atoms with E-state index in [0.29, 0.717) is 57.2 Å². The molecule has 3 aliphatic rings. The number of allylic oxidation sites excluding steroid dienone is 4. The van der Waals surface area contributed by atoms with E-state index < -0.39 is 6.10 Å². The Labute approximate surface area is 228 Å². The van der Waals surface area contributed by atoms with Gasteiger partial charge in [-0.25, -0.2) is 4.98 Å². The van der Waals surface area contributed by atoms with Crippen molar-refractivity contribution in [1.82, 2.24) is 14.9 Å². The van der Waals surface area contributed by atoms with Gasteiger partial charge in [0.05, 0.1) is 41.4 Å². The van der Waals surface area contributed by atoms with Crippen molar-refractivity contribution in [2.24, 2.45) is 4.99 Å². The largest absolute Gasteiger partial charge is 0.386 e. The van der Waals surface area contributed by atoms with Crippen LogP contribution in [0, 0.1) is 0 Å². The quantitative estimate of drug-likeness (QED) is 0.321. The molecule has 0 spiro atoms. The summed E-state index contributed by atoms with van der Waals surface area (Å²) in [6.45, 7) is 0.312. The van der Waals surface area contributed by atoms with Crippen LogP contribution in [0.15, 0.2) is 77.3 Å². The number of benzene rings is 2. The van der Waals surface area contributed by atoms with E-state index in [1.165, 1.54) is 4.90 Å². The fourth-order valence-corrected chi connectivity index (χ4v) is 5.31. The molecule has 39 heavy (non-hydrogen) atoms. The van der Waals surface area contributed by atoms with Crippen LogP contribution in [0.4, 0.5) is 5.69 Å². The summed E-state index contributed by atoms with van der Waals surface area (Å²) in [6.07, 6.45) is 7.01. The Morgan fingerprint density at radius 3 is 2.72 bits per heavy atom. The van der Waals surface area contributed by atoms with E-state index in [1.54, 1.807) is 61.1 Å². The lowest BCUT2D eigenvalue weighted by Gasteiger charge is -2.16. The molecule has 196 valence electrons. The number of anilines is 1. The first kappa shape index (κ1) is 25.0. The predicted molar refractivity (Wildman–Crippen MR) is 146 cm³/mol. The van der Waals surface area contributed by atoms with Crippen LogP contribution >= 0.6 is 11.6 Å². The second kappa shape index (κ2) is 10.1. The molecular weight excluding hydrogens is 518 g/mol. The normalized spacial score (nSPS) is 20.0. The molecule has 9 nitrogen and oxygen atoms in total. The summed E-state index contributed by atoms with van der Waals surface area (Å²) in [7, 11) is 0. The summed E-state index contributed by atoms with van der Waals surface area (Å²) in [6, 6.07) is 10.4. The zero-order valence-electron chi connectivity index (χ0n) is 20.8. The van der Waals surface area contributed by atoms with E-state index in [1.807, 2.05) is 0 Å². The van der Waals surface area contributed by atoms with Gasteiger partial charge in [0.15, 0.2) is 5.78 Å². The maximum atomic E-state index is 13.1. The number of imide groups is 1. The van der Waals surface area contributed by atoms with Gasteiger partial charge >= 0.3 is 0 Å². The fourth-order valence-electron chi connectivity index (χ4n) is 5.11. The monoisotopic (exact) mass is 541 g/mol. The van der Waals surface area contributed by atoms with Crippen LogP contribution in [0.25, 0.3) is 0 Å². The van der Waals surface area contributed by atoms with E-state index in [-0.39, 0.29) is 37.1 Å². The molecule has 0 saturated carbocycles. The van der Waals surface area contributed by atoms with Crippen molar-refractivity contribution < 1.29 is 19.5 Å². The van der Waals surface area contributed by atoms with Gasteiger partial charge < -0.3 is 15.4 Å². The molecular formula is C29H24ClN5O4. The third kappa shape index (κ3) is 4.71. The highest BCUT2D eigenvalue weighted by molar-refractivity contribution is 6.30. The van der Waals surface area contributed by atoms with Gasteiger partial charge in [-0.2, -0.15) is 0 Å². The fraction of sp³-hybridized carbons (Fsp3) is 0.207. The Morgan fingerprint density at radius 1 is 1.13 bits per heavy atom. The minimum absolute atomic E-state index is 0.0582. The number of aromatic nitrogens is 2. The Balaban J connectivity index is 1.24. The van der Waals surface area contributed by atoms with E-state index in [4.69, 9.17) is 11.6 Å². The molecule has 1 aromatic heterocycles. The third-order valence-electron chi connectivity index (χ3n) is 7.09. The van der Waals surface area contributed by atoms with Crippen LogP contribution in [0.2, 0.25) is 5.02 Å². The molecule has 0 bridgehead atoms. The number of fused-ring (bicyclic) bond motifs is 2. The van der Waals surface area contributed by atoms with Gasteiger partial charge in [-0.1, -0.05) is 29.8 Å². The first-order valence-electron chi connectivity index (χ1n) is 12.6. The number of aliphatic imine (C=N–C) groups is 1. The number of carbonyl (C=O) groups excluding carboxylic acids is 3. The summed E-state index contributed by atoms with van der Waals surface area (Å²) < 4.78 is 0. The van der Waals surface area contributed by atoms with Crippen molar-refractivity contribution in [1.29, 1.82) is 0 Å². The summed E-state index contributed by atoms with van der Waals surface area (Å²) in [5.74, 6) is -0.755. The molecule has 2 aromatic carbocycles. The van der Waals surface area contributed by atoms with Crippen molar-refractivity contribution in [3.8, 4) is 0 Å². The Kier molecular flexibility index (Phi) is 6.46. The lowest BCUT2D eigenvalue weighted by atomic mass is 9.93. The summed E-state index contributed by atoms with van der Waals surface area (Å²) in [4.78, 5) is 51.9. The summed E-state index contributed by atoms with van der Waals surface area (Å²) >= 11 is 6.04. The molecule has 0 unspecified atom stereocenters. The van der Waals surface area contributed by atoms with Crippen LogP contribution in [0.3, 0.4) is 0 Å². The topological polar surface area (TPSA) is 128 Å². The summed E-state index contributed by atoms with van der Waals surface area (Å²) in [5.41, 5.74) is 5.30. The van der Waals surface area contributed by atoms with Crippen LogP contribution in [0.5, 0.6) is 0 Å². The number of nitrogens with zero attached hydrogens (tertiary/aromatic N) is 3. The van der Waals surface area contributed by atoms with Crippen LogP contribution < -0.4 is 5.32 Å². The van der Waals surface area contributed by atoms with Crippen molar-refractivity contribution in [3.05, 3.63) is 105 Å². The highest BCUT2D eigenvalue weighted by atomic mass is 35.5. The van der Waals surface area contributed by atoms with Gasteiger partial charge in [0, 0.05) is 54.1 Å². The number of rotatable bonds is 6. The first-order valence-corrected chi connectivity index (χ1v) is 13.0. The van der Waals surface area contributed by atoms with Gasteiger partial charge in [0.1, 0.15) is 0 Å². The third-order valence-corrected chi connectivity index (χ3v) is 7.33. The van der Waals surface area contributed by atoms with Crippen LogP contribution in [-0.4, -0.2) is 56.4 Å². The number of aliphatic hydroxyl groups is 1. The molecule has 2 amide bonds. The Hall–Kier alpha value is -4.34. The SMILES string of the molecule is O=C1CC=CC(=NC[C@@H](O)c2cccc(Cl)c2)C1=C1Cc2cc3c(cc2N1)C(=O)N(CCc1cnc[nH]1)C3=O. The second-order valence-corrected chi connectivity index (χ2v) is 10.1. The number of carbonyl (C=O) groups is 3. The minimum Gasteiger partial charge on any atom is -0.386 e.